The van der Waals surface area contributed by atoms with Gasteiger partial charge in [0.25, 0.3) is 11.8 Å². The Balaban J connectivity index is 0.000000251. The van der Waals surface area contributed by atoms with E-state index in [0.29, 0.717) is 21.2 Å². The summed E-state index contributed by atoms with van der Waals surface area (Å²) in [6.07, 6.45) is 0.927. The molecule has 290 valence electrons. The summed E-state index contributed by atoms with van der Waals surface area (Å²) in [6, 6.07) is 29.7. The molecule has 2 heterocycles. The van der Waals surface area contributed by atoms with Crippen molar-refractivity contribution in [1.82, 2.24) is 20.4 Å². The van der Waals surface area contributed by atoms with Crippen molar-refractivity contribution in [2.24, 2.45) is 0 Å². The Bertz CT molecular complexity index is 2070. The number of alkyl halides is 1. The highest BCUT2D eigenvalue weighted by atomic mass is 35.5. The molecule has 0 saturated carbocycles. The summed E-state index contributed by atoms with van der Waals surface area (Å²) in [4.78, 5) is 49.0. The lowest BCUT2D eigenvalue weighted by Crippen LogP contribution is -2.29. The third-order valence-corrected chi connectivity index (χ3v) is 9.05. The first-order valence-corrected chi connectivity index (χ1v) is 18.6. The van der Waals surface area contributed by atoms with E-state index >= 15 is 0 Å². The van der Waals surface area contributed by atoms with Gasteiger partial charge in [-0.15, -0.1) is 11.6 Å². The Labute approximate surface area is 341 Å². The molecule has 0 saturated heterocycles. The second-order valence-corrected chi connectivity index (χ2v) is 13.6. The van der Waals surface area contributed by atoms with Gasteiger partial charge in [-0.2, -0.15) is 0 Å². The van der Waals surface area contributed by atoms with E-state index in [4.69, 9.17) is 39.5 Å². The zero-order valence-corrected chi connectivity index (χ0v) is 34.3. The molecule has 3 N–H and O–H groups in total. The maximum Gasteiger partial charge on any atom is 0.414 e. The van der Waals surface area contributed by atoms with Crippen LogP contribution >= 0.6 is 46.4 Å². The number of aliphatic hydroxyl groups is 1. The highest BCUT2D eigenvalue weighted by Crippen LogP contribution is 2.36. The highest BCUT2D eigenvalue weighted by Gasteiger charge is 2.35. The second kappa shape index (κ2) is 20.6. The molecule has 0 fully saturated rings. The zero-order chi connectivity index (χ0) is 41.0. The van der Waals surface area contributed by atoms with E-state index in [0.717, 1.165) is 22.3 Å². The first-order valence-electron chi connectivity index (χ1n) is 16.7. The second-order valence-electron chi connectivity index (χ2n) is 12.4. The molecule has 2 aliphatic heterocycles. The largest absolute Gasteiger partial charge is 0.509 e. The first-order chi connectivity index (χ1) is 26.1. The molecule has 55 heavy (non-hydrogen) atoms. The number of benzene rings is 4. The molecule has 4 amide bonds. The van der Waals surface area contributed by atoms with Crippen LogP contribution in [0.2, 0.25) is 10.0 Å². The van der Waals surface area contributed by atoms with Gasteiger partial charge in [-0.05, 0) is 72.0 Å². The fourth-order valence-electron chi connectivity index (χ4n) is 5.23. The van der Waals surface area contributed by atoms with Crippen LogP contribution in [0.5, 0.6) is 0 Å². The number of carbonyl (C=O) groups excluding carboxylic acids is 4. The summed E-state index contributed by atoms with van der Waals surface area (Å²) < 4.78 is 5.45. The smallest absolute Gasteiger partial charge is 0.414 e. The van der Waals surface area contributed by atoms with Crippen molar-refractivity contribution in [2.45, 2.75) is 25.9 Å². The molecule has 0 spiro atoms. The number of amides is 4. The SMILES string of the molecule is CC1NC(=O)C(c2cc(-c3ccccc3)ccc2Cl)=C1O.CC1NC(=O)C(c2cc(-c3ccccc3)ccc2Cl)=C1OC(=O)N(C)C.CCl.CN(C)C(=O)Cl. The van der Waals surface area contributed by atoms with Crippen LogP contribution in [-0.2, 0) is 14.3 Å². The maximum absolute atomic E-state index is 12.5. The summed E-state index contributed by atoms with van der Waals surface area (Å²) in [5, 5.41) is 16.0. The van der Waals surface area contributed by atoms with E-state index in [-0.39, 0.29) is 40.5 Å². The van der Waals surface area contributed by atoms with Gasteiger partial charge in [-0.25, -0.2) is 4.79 Å². The summed E-state index contributed by atoms with van der Waals surface area (Å²) in [6.45, 7) is 3.49. The minimum absolute atomic E-state index is 0.0344. The molecule has 10 nitrogen and oxygen atoms in total. The van der Waals surface area contributed by atoms with Gasteiger partial charge >= 0.3 is 11.5 Å². The Hall–Kier alpha value is -5.00. The molecule has 0 radical (unpaired) electrons. The number of hydrogen-bond donors (Lipinski definition) is 3. The number of aliphatic hydroxyl groups excluding tert-OH is 1. The van der Waals surface area contributed by atoms with E-state index in [2.05, 4.69) is 22.2 Å². The third kappa shape index (κ3) is 11.5. The van der Waals surface area contributed by atoms with E-state index in [1.807, 2.05) is 84.9 Å². The fraction of sp³-hybridized carbons (Fsp3) is 0.220. The van der Waals surface area contributed by atoms with Gasteiger partial charge in [0.15, 0.2) is 0 Å². The van der Waals surface area contributed by atoms with E-state index in [1.165, 1.54) is 16.2 Å². The predicted octanol–water partition coefficient (Wildman–Crippen LogP) is 9.49. The van der Waals surface area contributed by atoms with Gasteiger partial charge in [-0.1, -0.05) is 96.0 Å². The lowest BCUT2D eigenvalue weighted by atomic mass is 9.98. The van der Waals surface area contributed by atoms with Crippen LogP contribution in [-0.4, -0.2) is 84.8 Å². The lowest BCUT2D eigenvalue weighted by Gasteiger charge is -2.15. The Morgan fingerprint density at radius 2 is 1.04 bits per heavy atom. The van der Waals surface area contributed by atoms with Gasteiger partial charge in [-0.3, -0.25) is 14.4 Å². The van der Waals surface area contributed by atoms with E-state index in [9.17, 15) is 24.3 Å². The molecular weight excluding hydrogens is 786 g/mol. The van der Waals surface area contributed by atoms with Crippen molar-refractivity contribution >= 4 is 80.8 Å². The predicted molar refractivity (Wildman–Crippen MR) is 222 cm³/mol. The van der Waals surface area contributed by atoms with E-state index in [1.54, 1.807) is 54.2 Å². The number of rotatable bonds is 5. The first kappa shape index (κ1) is 44.4. The fourth-order valence-corrected chi connectivity index (χ4v) is 5.65. The van der Waals surface area contributed by atoms with Crippen molar-refractivity contribution < 1.29 is 29.0 Å². The van der Waals surface area contributed by atoms with Gasteiger partial charge in [0.05, 0.1) is 23.2 Å². The Morgan fingerprint density at radius 1 is 0.636 bits per heavy atom. The van der Waals surface area contributed by atoms with E-state index < -0.39 is 17.5 Å². The topological polar surface area (TPSA) is 128 Å². The standard InChI is InChI=1S/C20H19ClN2O3.C17H14ClNO2.C3H6ClNO.CH3Cl/c1-12-18(26-20(25)23(2)3)17(19(24)22-12)15-11-14(9-10-16(15)21)13-7-5-4-6-8-13;1-10-16(20)15(17(21)19-10)13-9-12(7-8-14(13)18)11-5-3-2-4-6-11;1-5(2)3(4)6;1-2/h4-12H,1-3H3,(H,22,24);2-10,20H,1H3,(H,19,21);1-2H3;1H3. The van der Waals surface area contributed by atoms with Gasteiger partial charge in [0.1, 0.15) is 11.5 Å². The molecule has 14 heteroatoms. The molecule has 4 aromatic rings. The average molecular weight is 829 g/mol. The number of hydrogen-bond acceptors (Lipinski definition) is 6. The van der Waals surface area contributed by atoms with Gasteiger partial charge < -0.3 is 30.3 Å². The third-order valence-electron chi connectivity index (χ3n) is 8.05. The molecule has 0 aromatic heterocycles. The van der Waals surface area contributed by atoms with Crippen LogP contribution in [0.1, 0.15) is 25.0 Å². The normalized spacial score (nSPS) is 15.6. The lowest BCUT2D eigenvalue weighted by molar-refractivity contribution is -0.116. The summed E-state index contributed by atoms with van der Waals surface area (Å²) in [5.41, 5.74) is 5.53. The van der Waals surface area contributed by atoms with Crippen LogP contribution in [0.15, 0.2) is 109 Å². The van der Waals surface area contributed by atoms with Crippen LogP contribution in [0.4, 0.5) is 9.59 Å². The van der Waals surface area contributed by atoms with Crippen LogP contribution < -0.4 is 10.6 Å². The van der Waals surface area contributed by atoms with Crippen molar-refractivity contribution in [2.75, 3.05) is 34.6 Å². The maximum atomic E-state index is 12.5. The van der Waals surface area contributed by atoms with Crippen molar-refractivity contribution in [3.63, 3.8) is 0 Å². The molecule has 0 aliphatic carbocycles. The average Bonchev–Trinajstić information content (AvgIpc) is 3.60. The summed E-state index contributed by atoms with van der Waals surface area (Å²) in [5.74, 6) is -0.300. The van der Waals surface area contributed by atoms with Crippen LogP contribution in [0.25, 0.3) is 33.4 Å². The Morgan fingerprint density at radius 3 is 1.42 bits per heavy atom. The Kier molecular flexibility index (Phi) is 16.6. The molecule has 4 aromatic carbocycles. The minimum atomic E-state index is -0.545. The van der Waals surface area contributed by atoms with Crippen LogP contribution in [0, 0.1) is 0 Å². The van der Waals surface area contributed by atoms with Crippen molar-refractivity contribution in [3.8, 4) is 22.3 Å². The van der Waals surface area contributed by atoms with Gasteiger partial charge in [0, 0.05) is 55.7 Å². The monoisotopic (exact) mass is 826 g/mol. The molecular formula is C41H42Cl4N4O6. The van der Waals surface area contributed by atoms with Crippen molar-refractivity contribution in [1.29, 1.82) is 0 Å². The van der Waals surface area contributed by atoms with Crippen molar-refractivity contribution in [3.05, 3.63) is 130 Å². The number of nitrogens with one attached hydrogen (secondary N) is 2. The zero-order valence-electron chi connectivity index (χ0n) is 31.3. The molecule has 6 rings (SSSR count). The highest BCUT2D eigenvalue weighted by molar-refractivity contribution is 6.62. The van der Waals surface area contributed by atoms with Gasteiger partial charge in [0.2, 0.25) is 0 Å². The molecule has 2 aliphatic rings. The quantitative estimate of drug-likeness (QED) is 0.105. The number of carbonyl (C=O) groups is 4. The molecule has 2 atom stereocenters. The number of halogens is 4. The number of nitrogens with zero attached hydrogens (tertiary/aromatic N) is 2. The summed E-state index contributed by atoms with van der Waals surface area (Å²) >= 11 is 22.1. The van der Waals surface area contributed by atoms with Crippen LogP contribution in [0.3, 0.4) is 0 Å². The number of ether oxygens (including phenoxy) is 1. The molecule has 0 bridgehead atoms. The minimum Gasteiger partial charge on any atom is -0.509 e. The molecule has 2 unspecified atom stereocenters. The summed E-state index contributed by atoms with van der Waals surface area (Å²) in [7, 11) is 6.35.